The van der Waals surface area contributed by atoms with Crippen LogP contribution in [0.25, 0.3) is 10.8 Å². The van der Waals surface area contributed by atoms with Crippen molar-refractivity contribution in [2.24, 2.45) is 11.8 Å². The molecule has 2 aliphatic rings. The molecule has 0 radical (unpaired) electrons. The molecule has 1 atom stereocenters. The zero-order valence-electron chi connectivity index (χ0n) is 21.4. The molecule has 0 bridgehead atoms. The molecule has 2 amide bonds. The van der Waals surface area contributed by atoms with Crippen LogP contribution in [-0.4, -0.2) is 42.1 Å². The summed E-state index contributed by atoms with van der Waals surface area (Å²) in [6.45, 7) is 0.758. The summed E-state index contributed by atoms with van der Waals surface area (Å²) in [5.41, 5.74) is 2.99. The normalized spacial score (nSPS) is 20.8. The second kappa shape index (κ2) is 11.7. The maximum atomic E-state index is 12.8. The fraction of sp³-hybridized carbons (Fsp3) is 0.387. The molecule has 0 aromatic heterocycles. The minimum absolute atomic E-state index is 0.0196. The topological polar surface area (TPSA) is 105 Å². The number of hydrogen-bond donors (Lipinski definition) is 3. The smallest absolute Gasteiger partial charge is 0.306 e. The molecule has 3 N–H and O–H groups in total. The van der Waals surface area contributed by atoms with E-state index in [9.17, 15) is 19.5 Å². The van der Waals surface area contributed by atoms with Crippen LogP contribution in [0.4, 0.5) is 0 Å². The third-order valence-corrected chi connectivity index (χ3v) is 7.82. The van der Waals surface area contributed by atoms with E-state index >= 15 is 0 Å². The molecule has 198 valence electrons. The van der Waals surface area contributed by atoms with Crippen molar-refractivity contribution in [3.05, 3.63) is 77.4 Å². The van der Waals surface area contributed by atoms with Gasteiger partial charge in [-0.1, -0.05) is 36.4 Å². The number of fused-ring (bicyclic) bond motifs is 2. The Morgan fingerprint density at radius 2 is 1.55 bits per heavy atom. The van der Waals surface area contributed by atoms with Crippen LogP contribution in [-0.2, 0) is 22.4 Å². The van der Waals surface area contributed by atoms with Crippen LogP contribution in [0.1, 0.15) is 53.6 Å². The van der Waals surface area contributed by atoms with E-state index in [1.54, 1.807) is 0 Å². The Labute approximate surface area is 222 Å². The first-order chi connectivity index (χ1) is 18.5. The molecule has 1 fully saturated rings. The van der Waals surface area contributed by atoms with Gasteiger partial charge in [0.05, 0.1) is 12.0 Å². The van der Waals surface area contributed by atoms with Gasteiger partial charge >= 0.3 is 5.97 Å². The van der Waals surface area contributed by atoms with Crippen LogP contribution < -0.4 is 15.4 Å². The Kier molecular flexibility index (Phi) is 7.91. The first-order valence-electron chi connectivity index (χ1n) is 13.5. The fourth-order valence-electron chi connectivity index (χ4n) is 5.59. The SMILES string of the molecule is O=C(NCCNC(=O)C1CCc2cc(O[C@H]3CC[C@@H](C(=O)O)CC3)ccc2C1)c1ccc2ccccc2c1. The molecular weight excluding hydrogens is 480 g/mol. The summed E-state index contributed by atoms with van der Waals surface area (Å²) in [7, 11) is 0. The summed E-state index contributed by atoms with van der Waals surface area (Å²) >= 11 is 0. The van der Waals surface area contributed by atoms with E-state index in [1.807, 2.05) is 48.5 Å². The second-order valence-corrected chi connectivity index (χ2v) is 10.4. The number of aryl methyl sites for hydroxylation is 1. The quantitative estimate of drug-likeness (QED) is 0.384. The van der Waals surface area contributed by atoms with E-state index in [0.29, 0.717) is 37.9 Å². The van der Waals surface area contributed by atoms with Crippen molar-refractivity contribution in [2.45, 2.75) is 51.0 Å². The number of carboxylic acids is 1. The van der Waals surface area contributed by atoms with Crippen molar-refractivity contribution < 1.29 is 24.2 Å². The van der Waals surface area contributed by atoms with Gasteiger partial charge in [0.2, 0.25) is 5.91 Å². The molecule has 1 saturated carbocycles. The van der Waals surface area contributed by atoms with Crippen LogP contribution in [0.15, 0.2) is 60.7 Å². The van der Waals surface area contributed by atoms with Crippen molar-refractivity contribution in [2.75, 3.05) is 13.1 Å². The predicted octanol–water partition coefficient (Wildman–Crippen LogP) is 4.51. The lowest BCUT2D eigenvalue weighted by atomic mass is 9.83. The Morgan fingerprint density at radius 1 is 0.789 bits per heavy atom. The van der Waals surface area contributed by atoms with E-state index in [1.165, 1.54) is 11.1 Å². The predicted molar refractivity (Wildman–Crippen MR) is 145 cm³/mol. The van der Waals surface area contributed by atoms with E-state index in [0.717, 1.165) is 42.2 Å². The van der Waals surface area contributed by atoms with Crippen LogP contribution in [0.2, 0.25) is 0 Å². The molecule has 3 aromatic carbocycles. The molecule has 0 aliphatic heterocycles. The van der Waals surface area contributed by atoms with Gasteiger partial charge < -0.3 is 20.5 Å². The van der Waals surface area contributed by atoms with E-state index in [2.05, 4.69) is 22.8 Å². The molecule has 3 aromatic rings. The Bertz CT molecular complexity index is 1330. The number of hydrogen-bond acceptors (Lipinski definition) is 4. The summed E-state index contributed by atoms with van der Waals surface area (Å²) in [4.78, 5) is 36.5. The first-order valence-corrected chi connectivity index (χ1v) is 13.5. The van der Waals surface area contributed by atoms with E-state index in [4.69, 9.17) is 4.74 Å². The number of benzene rings is 3. The second-order valence-electron chi connectivity index (χ2n) is 10.4. The van der Waals surface area contributed by atoms with Gasteiger partial charge in [-0.15, -0.1) is 0 Å². The highest BCUT2D eigenvalue weighted by molar-refractivity contribution is 5.98. The zero-order chi connectivity index (χ0) is 26.5. The van der Waals surface area contributed by atoms with Crippen LogP contribution in [0.3, 0.4) is 0 Å². The van der Waals surface area contributed by atoms with Gasteiger partial charge in [-0.05, 0) is 91.1 Å². The number of amides is 2. The van der Waals surface area contributed by atoms with Crippen molar-refractivity contribution in [3.8, 4) is 5.75 Å². The monoisotopic (exact) mass is 514 g/mol. The third-order valence-electron chi connectivity index (χ3n) is 7.82. The standard InChI is InChI=1S/C31H34N2O5/c34-29(25-7-5-20-3-1-2-4-22(20)17-25)32-15-16-33-30(35)26-8-6-24-19-28(14-11-23(24)18-26)38-27-12-9-21(10-13-27)31(36)37/h1-5,7,11,14,17,19,21,26-27H,6,8-10,12-13,15-16,18H2,(H,32,34)(H,33,35)(H,36,37)/t21-,26?,27+. The number of aliphatic carboxylic acids is 1. The summed E-state index contributed by atoms with van der Waals surface area (Å²) in [5.74, 6) is -0.344. The molecule has 5 rings (SSSR count). The Morgan fingerprint density at radius 3 is 2.34 bits per heavy atom. The van der Waals surface area contributed by atoms with Crippen molar-refractivity contribution in [1.82, 2.24) is 10.6 Å². The highest BCUT2D eigenvalue weighted by Crippen LogP contribution is 2.32. The molecular formula is C31H34N2O5. The third kappa shape index (κ3) is 6.15. The lowest BCUT2D eigenvalue weighted by Crippen LogP contribution is -2.39. The van der Waals surface area contributed by atoms with Gasteiger partial charge in [0.25, 0.3) is 5.91 Å². The van der Waals surface area contributed by atoms with Crippen LogP contribution >= 0.6 is 0 Å². The summed E-state index contributed by atoms with van der Waals surface area (Å²) in [6, 6.07) is 19.6. The highest BCUT2D eigenvalue weighted by atomic mass is 16.5. The molecule has 7 heteroatoms. The number of carboxylic acid groups (broad SMARTS) is 1. The summed E-state index contributed by atoms with van der Waals surface area (Å²) in [6.07, 6.45) is 5.19. The Hall–Kier alpha value is -3.87. The fourth-order valence-corrected chi connectivity index (χ4v) is 5.59. The average Bonchev–Trinajstić information content (AvgIpc) is 2.94. The first kappa shape index (κ1) is 25.8. The molecule has 0 saturated heterocycles. The molecule has 0 heterocycles. The van der Waals surface area contributed by atoms with Gasteiger partial charge in [0, 0.05) is 24.6 Å². The maximum Gasteiger partial charge on any atom is 0.306 e. The number of carbonyl (C=O) groups is 3. The number of nitrogens with one attached hydrogen (secondary N) is 2. The van der Waals surface area contributed by atoms with Crippen molar-refractivity contribution in [3.63, 3.8) is 0 Å². The maximum absolute atomic E-state index is 12.8. The van der Waals surface area contributed by atoms with Gasteiger partial charge in [-0.3, -0.25) is 14.4 Å². The minimum atomic E-state index is -0.707. The van der Waals surface area contributed by atoms with Crippen LogP contribution in [0, 0.1) is 11.8 Å². The van der Waals surface area contributed by atoms with Crippen LogP contribution in [0.5, 0.6) is 5.75 Å². The Balaban J connectivity index is 1.06. The van der Waals surface area contributed by atoms with Gasteiger partial charge in [-0.25, -0.2) is 0 Å². The minimum Gasteiger partial charge on any atom is -0.490 e. The average molecular weight is 515 g/mol. The molecule has 2 aliphatic carbocycles. The largest absolute Gasteiger partial charge is 0.490 e. The molecule has 1 unspecified atom stereocenters. The van der Waals surface area contributed by atoms with Crippen molar-refractivity contribution >= 4 is 28.6 Å². The highest BCUT2D eigenvalue weighted by Gasteiger charge is 2.28. The lowest BCUT2D eigenvalue weighted by Gasteiger charge is -2.28. The molecule has 7 nitrogen and oxygen atoms in total. The summed E-state index contributed by atoms with van der Waals surface area (Å²) < 4.78 is 6.15. The molecule has 0 spiro atoms. The van der Waals surface area contributed by atoms with Gasteiger partial charge in [-0.2, -0.15) is 0 Å². The van der Waals surface area contributed by atoms with Crippen molar-refractivity contribution in [1.29, 1.82) is 0 Å². The van der Waals surface area contributed by atoms with E-state index < -0.39 is 5.97 Å². The van der Waals surface area contributed by atoms with Gasteiger partial charge in [0.15, 0.2) is 0 Å². The lowest BCUT2D eigenvalue weighted by molar-refractivity contribution is -0.143. The summed E-state index contributed by atoms with van der Waals surface area (Å²) in [5, 5.41) is 17.2. The number of carbonyl (C=O) groups excluding carboxylic acids is 2. The van der Waals surface area contributed by atoms with Gasteiger partial charge in [0.1, 0.15) is 5.75 Å². The van der Waals surface area contributed by atoms with E-state index in [-0.39, 0.29) is 29.8 Å². The zero-order valence-corrected chi connectivity index (χ0v) is 21.4. The number of rotatable bonds is 8. The molecule has 38 heavy (non-hydrogen) atoms. The number of ether oxygens (including phenoxy) is 1.